The van der Waals surface area contributed by atoms with Crippen LogP contribution in [0.2, 0.25) is 0 Å². The smallest absolute Gasteiger partial charge is 0.258 e. The summed E-state index contributed by atoms with van der Waals surface area (Å²) in [7, 11) is -3.69. The number of sulfonamides is 1. The highest BCUT2D eigenvalue weighted by Crippen LogP contribution is 2.44. The maximum absolute atomic E-state index is 12.9. The Balaban J connectivity index is 1.64. The molecule has 0 N–H and O–H groups in total. The number of nitro benzene ring substituents is 1. The van der Waals surface area contributed by atoms with Crippen LogP contribution in [0.5, 0.6) is 0 Å². The summed E-state index contributed by atoms with van der Waals surface area (Å²) in [6, 6.07) is 22.3. The summed E-state index contributed by atoms with van der Waals surface area (Å²) in [5.41, 5.74) is 2.86. The molecule has 0 aliphatic carbocycles. The van der Waals surface area contributed by atoms with E-state index in [0.29, 0.717) is 6.54 Å². The van der Waals surface area contributed by atoms with Gasteiger partial charge < -0.3 is 0 Å². The van der Waals surface area contributed by atoms with Crippen molar-refractivity contribution in [2.75, 3.05) is 6.54 Å². The van der Waals surface area contributed by atoms with Gasteiger partial charge in [-0.1, -0.05) is 54.6 Å². The standard InChI is InChI=1S/C20H16N2O4S/c23-22(24)16-10-12-17(13-11-16)27(25,26)21-14-20(21)19-9-5-4-8-18(19)15-6-2-1-3-7-15/h1-13,20H,14H2. The van der Waals surface area contributed by atoms with E-state index in [0.717, 1.165) is 16.7 Å². The highest BCUT2D eigenvalue weighted by atomic mass is 32.2. The minimum absolute atomic E-state index is 0.0628. The first-order chi connectivity index (χ1) is 13.0. The highest BCUT2D eigenvalue weighted by molar-refractivity contribution is 7.89. The first-order valence-electron chi connectivity index (χ1n) is 8.39. The molecule has 0 bridgehead atoms. The number of nitrogens with zero attached hydrogens (tertiary/aromatic N) is 2. The molecule has 3 aromatic carbocycles. The second-order valence-corrected chi connectivity index (χ2v) is 8.19. The van der Waals surface area contributed by atoms with Crippen molar-refractivity contribution < 1.29 is 13.3 Å². The predicted molar refractivity (Wildman–Crippen MR) is 102 cm³/mol. The zero-order valence-corrected chi connectivity index (χ0v) is 15.0. The summed E-state index contributed by atoms with van der Waals surface area (Å²) < 4.78 is 27.1. The first kappa shape index (κ1) is 17.4. The Morgan fingerprint density at radius 1 is 0.889 bits per heavy atom. The van der Waals surface area contributed by atoms with Gasteiger partial charge >= 0.3 is 0 Å². The van der Waals surface area contributed by atoms with Crippen molar-refractivity contribution >= 4 is 15.7 Å². The molecule has 0 saturated carbocycles. The van der Waals surface area contributed by atoms with Gasteiger partial charge in [0, 0.05) is 18.7 Å². The van der Waals surface area contributed by atoms with E-state index in [1.54, 1.807) is 0 Å². The molecular weight excluding hydrogens is 364 g/mol. The molecule has 2 unspecified atom stereocenters. The molecule has 6 nitrogen and oxygen atoms in total. The fourth-order valence-electron chi connectivity index (χ4n) is 3.19. The number of non-ortho nitro benzene ring substituents is 1. The number of rotatable bonds is 5. The monoisotopic (exact) mass is 380 g/mol. The summed E-state index contributed by atoms with van der Waals surface area (Å²) >= 11 is 0. The molecule has 0 radical (unpaired) electrons. The largest absolute Gasteiger partial charge is 0.269 e. The molecule has 27 heavy (non-hydrogen) atoms. The quantitative estimate of drug-likeness (QED) is 0.381. The second-order valence-electron chi connectivity index (χ2n) is 6.29. The van der Waals surface area contributed by atoms with Gasteiger partial charge in [0.05, 0.1) is 15.9 Å². The molecule has 4 rings (SSSR count). The van der Waals surface area contributed by atoms with Gasteiger partial charge in [-0.2, -0.15) is 4.31 Å². The van der Waals surface area contributed by atoms with Crippen LogP contribution in [0.3, 0.4) is 0 Å². The summed E-state index contributed by atoms with van der Waals surface area (Å²) in [4.78, 5) is 10.3. The van der Waals surface area contributed by atoms with Crippen LogP contribution in [0.1, 0.15) is 11.6 Å². The van der Waals surface area contributed by atoms with Crippen LogP contribution < -0.4 is 0 Å². The van der Waals surface area contributed by atoms with Gasteiger partial charge in [0.2, 0.25) is 10.0 Å². The van der Waals surface area contributed by atoms with Crippen LogP contribution in [0.25, 0.3) is 11.1 Å². The predicted octanol–water partition coefficient (Wildman–Crippen LogP) is 4.01. The van der Waals surface area contributed by atoms with Crippen LogP contribution in [-0.4, -0.2) is 24.2 Å². The summed E-state index contributed by atoms with van der Waals surface area (Å²) in [6.07, 6.45) is 0. The van der Waals surface area contributed by atoms with Gasteiger partial charge in [-0.15, -0.1) is 0 Å². The topological polar surface area (TPSA) is 80.3 Å². The van der Waals surface area contributed by atoms with E-state index in [1.807, 2.05) is 54.6 Å². The number of benzene rings is 3. The second kappa shape index (κ2) is 6.61. The van der Waals surface area contributed by atoms with E-state index >= 15 is 0 Å². The Bertz CT molecular complexity index is 1100. The zero-order chi connectivity index (χ0) is 19.0. The van der Waals surface area contributed by atoms with E-state index in [-0.39, 0.29) is 16.6 Å². The molecule has 1 aliphatic heterocycles. The summed E-state index contributed by atoms with van der Waals surface area (Å²) in [5.74, 6) is 0. The van der Waals surface area contributed by atoms with Crippen LogP contribution in [0.4, 0.5) is 5.69 Å². The van der Waals surface area contributed by atoms with E-state index in [4.69, 9.17) is 0 Å². The van der Waals surface area contributed by atoms with Crippen molar-refractivity contribution in [2.24, 2.45) is 0 Å². The number of hydrogen-bond acceptors (Lipinski definition) is 4. The molecule has 0 amide bonds. The molecular formula is C20H16N2O4S. The molecule has 1 saturated heterocycles. The molecule has 1 aliphatic rings. The molecule has 7 heteroatoms. The first-order valence-corrected chi connectivity index (χ1v) is 9.83. The Hall–Kier alpha value is -3.03. The zero-order valence-electron chi connectivity index (χ0n) is 14.2. The lowest BCUT2D eigenvalue weighted by molar-refractivity contribution is -0.384. The lowest BCUT2D eigenvalue weighted by Crippen LogP contribution is -2.13. The van der Waals surface area contributed by atoms with Crippen LogP contribution in [-0.2, 0) is 10.0 Å². The Kier molecular flexibility index (Phi) is 4.25. The van der Waals surface area contributed by atoms with Crippen molar-refractivity contribution in [1.29, 1.82) is 0 Å². The maximum atomic E-state index is 12.9. The fraction of sp³-hybridized carbons (Fsp3) is 0.100. The van der Waals surface area contributed by atoms with Gasteiger partial charge in [-0.25, -0.2) is 8.42 Å². The third kappa shape index (κ3) is 3.22. The number of hydrogen-bond donors (Lipinski definition) is 0. The van der Waals surface area contributed by atoms with Crippen LogP contribution >= 0.6 is 0 Å². The van der Waals surface area contributed by atoms with Gasteiger partial charge in [-0.05, 0) is 28.8 Å². The van der Waals surface area contributed by atoms with Crippen LogP contribution in [0.15, 0.2) is 83.8 Å². The molecule has 2 atom stereocenters. The molecule has 136 valence electrons. The minimum Gasteiger partial charge on any atom is -0.258 e. The maximum Gasteiger partial charge on any atom is 0.269 e. The third-order valence-corrected chi connectivity index (χ3v) is 6.51. The van der Waals surface area contributed by atoms with Gasteiger partial charge in [-0.3, -0.25) is 10.1 Å². The minimum atomic E-state index is -3.69. The molecule has 0 spiro atoms. The van der Waals surface area contributed by atoms with Gasteiger partial charge in [0.1, 0.15) is 0 Å². The molecule has 1 fully saturated rings. The summed E-state index contributed by atoms with van der Waals surface area (Å²) in [6.45, 7) is 0.392. The van der Waals surface area contributed by atoms with Crippen molar-refractivity contribution in [3.63, 3.8) is 0 Å². The Morgan fingerprint density at radius 3 is 2.19 bits per heavy atom. The fourth-order valence-corrected chi connectivity index (χ4v) is 4.72. The lowest BCUT2D eigenvalue weighted by Gasteiger charge is -2.11. The lowest BCUT2D eigenvalue weighted by atomic mass is 9.98. The third-order valence-electron chi connectivity index (χ3n) is 4.63. The van der Waals surface area contributed by atoms with E-state index in [9.17, 15) is 18.5 Å². The van der Waals surface area contributed by atoms with Gasteiger partial charge in [0.25, 0.3) is 5.69 Å². The summed E-state index contributed by atoms with van der Waals surface area (Å²) in [5, 5.41) is 10.8. The SMILES string of the molecule is O=[N+]([O-])c1ccc(S(=O)(=O)N2CC2c2ccccc2-c2ccccc2)cc1. The van der Waals surface area contributed by atoms with Crippen molar-refractivity contribution in [3.05, 3.63) is 94.5 Å². The Morgan fingerprint density at radius 2 is 1.52 bits per heavy atom. The van der Waals surface area contributed by atoms with E-state index < -0.39 is 14.9 Å². The molecule has 3 aromatic rings. The van der Waals surface area contributed by atoms with E-state index in [1.165, 1.54) is 28.6 Å². The number of nitro groups is 1. The van der Waals surface area contributed by atoms with Crippen LogP contribution in [0, 0.1) is 10.1 Å². The Labute approximate surface area is 156 Å². The molecule has 0 aromatic heterocycles. The average Bonchev–Trinajstić information content (AvgIpc) is 3.50. The van der Waals surface area contributed by atoms with Crippen molar-refractivity contribution in [2.45, 2.75) is 10.9 Å². The highest BCUT2D eigenvalue weighted by Gasteiger charge is 2.46. The van der Waals surface area contributed by atoms with Crippen molar-refractivity contribution in [1.82, 2.24) is 4.31 Å². The van der Waals surface area contributed by atoms with Gasteiger partial charge in [0.15, 0.2) is 0 Å². The van der Waals surface area contributed by atoms with E-state index in [2.05, 4.69) is 0 Å². The normalized spacial score (nSPS) is 18.8. The van der Waals surface area contributed by atoms with Crippen molar-refractivity contribution in [3.8, 4) is 11.1 Å². The molecule has 1 heterocycles. The average molecular weight is 380 g/mol.